The monoisotopic (exact) mass is 354 g/mol. The summed E-state index contributed by atoms with van der Waals surface area (Å²) in [5.74, 6) is -1.71. The summed E-state index contributed by atoms with van der Waals surface area (Å²) >= 11 is 11.8. The number of carbonyl (C=O) groups excluding carboxylic acids is 2. The standard InChI is InChI=1S/C16H13Cl2FN2O2/c17-11-6-5-10(13(18)7-11)8-20-15(22)9-21-16(23)12-3-1-2-4-14(12)19/h1-7H,8-9H2,(H,20,22)(H,21,23). The second kappa shape index (κ2) is 7.94. The summed E-state index contributed by atoms with van der Waals surface area (Å²) in [6, 6.07) is 10.5. The second-order valence-electron chi connectivity index (χ2n) is 4.67. The number of halogens is 3. The van der Waals surface area contributed by atoms with Gasteiger partial charge in [0.1, 0.15) is 5.82 Å². The molecule has 0 saturated carbocycles. The summed E-state index contributed by atoms with van der Waals surface area (Å²) in [6.45, 7) is -0.0667. The summed E-state index contributed by atoms with van der Waals surface area (Å²) in [6.07, 6.45) is 0. The number of rotatable bonds is 5. The Kier molecular flexibility index (Phi) is 5.96. The van der Waals surface area contributed by atoms with Crippen LogP contribution in [0.4, 0.5) is 4.39 Å². The Morgan fingerprint density at radius 2 is 1.78 bits per heavy atom. The van der Waals surface area contributed by atoms with Crippen LogP contribution in [-0.4, -0.2) is 18.4 Å². The third kappa shape index (κ3) is 4.94. The van der Waals surface area contributed by atoms with Crippen LogP contribution >= 0.6 is 23.2 Å². The van der Waals surface area contributed by atoms with Gasteiger partial charge in [-0.15, -0.1) is 0 Å². The van der Waals surface area contributed by atoms with Crippen LogP contribution in [0.2, 0.25) is 10.0 Å². The maximum absolute atomic E-state index is 13.4. The maximum Gasteiger partial charge on any atom is 0.254 e. The largest absolute Gasteiger partial charge is 0.350 e. The van der Waals surface area contributed by atoms with E-state index in [-0.39, 0.29) is 18.7 Å². The third-order valence-electron chi connectivity index (χ3n) is 3.02. The summed E-state index contributed by atoms with van der Waals surface area (Å²) in [4.78, 5) is 23.5. The molecule has 2 amide bonds. The molecule has 0 aliphatic heterocycles. The van der Waals surface area contributed by atoms with E-state index in [9.17, 15) is 14.0 Å². The lowest BCUT2D eigenvalue weighted by molar-refractivity contribution is -0.120. The van der Waals surface area contributed by atoms with E-state index in [1.807, 2.05) is 0 Å². The topological polar surface area (TPSA) is 58.2 Å². The molecule has 0 saturated heterocycles. The summed E-state index contributed by atoms with van der Waals surface area (Å²) in [7, 11) is 0. The highest BCUT2D eigenvalue weighted by Crippen LogP contribution is 2.20. The van der Waals surface area contributed by atoms with E-state index in [1.54, 1.807) is 24.3 Å². The minimum Gasteiger partial charge on any atom is -0.350 e. The van der Waals surface area contributed by atoms with Crippen molar-refractivity contribution >= 4 is 35.0 Å². The molecule has 2 rings (SSSR count). The van der Waals surface area contributed by atoms with Crippen LogP contribution in [0.15, 0.2) is 42.5 Å². The van der Waals surface area contributed by atoms with Crippen LogP contribution in [0.3, 0.4) is 0 Å². The quantitative estimate of drug-likeness (QED) is 0.866. The number of hydrogen-bond acceptors (Lipinski definition) is 2. The van der Waals surface area contributed by atoms with Gasteiger partial charge in [0, 0.05) is 16.6 Å². The van der Waals surface area contributed by atoms with E-state index in [2.05, 4.69) is 10.6 Å². The van der Waals surface area contributed by atoms with Crippen LogP contribution in [0.5, 0.6) is 0 Å². The fraction of sp³-hybridized carbons (Fsp3) is 0.125. The molecular formula is C16H13Cl2FN2O2. The predicted octanol–water partition coefficient (Wildman–Crippen LogP) is 3.18. The Hall–Kier alpha value is -2.11. The van der Waals surface area contributed by atoms with Crippen molar-refractivity contribution < 1.29 is 14.0 Å². The number of carbonyl (C=O) groups is 2. The van der Waals surface area contributed by atoms with E-state index >= 15 is 0 Å². The van der Waals surface area contributed by atoms with Crippen molar-refractivity contribution in [3.8, 4) is 0 Å². The molecule has 2 aromatic carbocycles. The highest BCUT2D eigenvalue weighted by atomic mass is 35.5. The molecule has 0 aromatic heterocycles. The van der Waals surface area contributed by atoms with E-state index < -0.39 is 17.6 Å². The molecule has 23 heavy (non-hydrogen) atoms. The van der Waals surface area contributed by atoms with Gasteiger partial charge in [-0.3, -0.25) is 9.59 Å². The molecule has 0 aliphatic rings. The van der Waals surface area contributed by atoms with Crippen molar-refractivity contribution in [3.05, 3.63) is 69.5 Å². The molecule has 0 atom stereocenters. The predicted molar refractivity (Wildman–Crippen MR) is 87.0 cm³/mol. The Bertz CT molecular complexity index is 738. The van der Waals surface area contributed by atoms with Gasteiger partial charge >= 0.3 is 0 Å². The molecule has 0 radical (unpaired) electrons. The van der Waals surface area contributed by atoms with Crippen LogP contribution in [0.1, 0.15) is 15.9 Å². The number of nitrogens with one attached hydrogen (secondary N) is 2. The highest BCUT2D eigenvalue weighted by molar-refractivity contribution is 6.35. The zero-order valence-corrected chi connectivity index (χ0v) is 13.4. The Morgan fingerprint density at radius 3 is 2.48 bits per heavy atom. The van der Waals surface area contributed by atoms with Gasteiger partial charge in [-0.2, -0.15) is 0 Å². The molecule has 0 bridgehead atoms. The lowest BCUT2D eigenvalue weighted by Crippen LogP contribution is -2.36. The second-order valence-corrected chi connectivity index (χ2v) is 5.52. The molecular weight excluding hydrogens is 342 g/mol. The van der Waals surface area contributed by atoms with Gasteiger partial charge in [-0.1, -0.05) is 41.4 Å². The van der Waals surface area contributed by atoms with E-state index in [4.69, 9.17) is 23.2 Å². The SMILES string of the molecule is O=C(CNC(=O)c1ccccc1F)NCc1ccc(Cl)cc1Cl. The van der Waals surface area contributed by atoms with Gasteiger partial charge in [-0.05, 0) is 29.8 Å². The van der Waals surface area contributed by atoms with Gasteiger partial charge in [0.25, 0.3) is 5.91 Å². The van der Waals surface area contributed by atoms with Crippen LogP contribution in [0.25, 0.3) is 0 Å². The number of amides is 2. The fourth-order valence-electron chi connectivity index (χ4n) is 1.82. The summed E-state index contributed by atoms with van der Waals surface area (Å²) in [5, 5.41) is 5.90. The van der Waals surface area contributed by atoms with E-state index in [0.29, 0.717) is 15.6 Å². The van der Waals surface area contributed by atoms with Crippen molar-refractivity contribution in [2.24, 2.45) is 0 Å². The lowest BCUT2D eigenvalue weighted by Gasteiger charge is -2.09. The normalized spacial score (nSPS) is 10.2. The highest BCUT2D eigenvalue weighted by Gasteiger charge is 2.12. The molecule has 0 fully saturated rings. The average Bonchev–Trinajstić information content (AvgIpc) is 2.52. The molecule has 0 unspecified atom stereocenters. The van der Waals surface area contributed by atoms with Crippen molar-refractivity contribution in [3.63, 3.8) is 0 Å². The van der Waals surface area contributed by atoms with Crippen molar-refractivity contribution in [1.29, 1.82) is 0 Å². The van der Waals surface area contributed by atoms with Crippen LogP contribution in [-0.2, 0) is 11.3 Å². The van der Waals surface area contributed by atoms with Gasteiger partial charge in [0.15, 0.2) is 0 Å². The van der Waals surface area contributed by atoms with Crippen LogP contribution < -0.4 is 10.6 Å². The first-order valence-electron chi connectivity index (χ1n) is 6.70. The lowest BCUT2D eigenvalue weighted by atomic mass is 10.2. The maximum atomic E-state index is 13.4. The molecule has 4 nitrogen and oxygen atoms in total. The molecule has 0 aliphatic carbocycles. The van der Waals surface area contributed by atoms with Gasteiger partial charge in [0.05, 0.1) is 12.1 Å². The van der Waals surface area contributed by atoms with Crippen molar-refractivity contribution in [2.45, 2.75) is 6.54 Å². The van der Waals surface area contributed by atoms with E-state index in [1.165, 1.54) is 18.2 Å². The Balaban J connectivity index is 1.83. The molecule has 0 spiro atoms. The van der Waals surface area contributed by atoms with Crippen molar-refractivity contribution in [2.75, 3.05) is 6.54 Å². The average molecular weight is 355 g/mol. The first-order valence-corrected chi connectivity index (χ1v) is 7.46. The minimum absolute atomic E-state index is 0.110. The van der Waals surface area contributed by atoms with E-state index in [0.717, 1.165) is 0 Å². The zero-order chi connectivity index (χ0) is 16.8. The Labute approximate surface area is 142 Å². The van der Waals surface area contributed by atoms with Crippen LogP contribution in [0, 0.1) is 5.82 Å². The fourth-order valence-corrected chi connectivity index (χ4v) is 2.30. The molecule has 7 heteroatoms. The Morgan fingerprint density at radius 1 is 1.04 bits per heavy atom. The first-order chi connectivity index (χ1) is 11.0. The zero-order valence-electron chi connectivity index (χ0n) is 11.9. The molecule has 0 heterocycles. The third-order valence-corrected chi connectivity index (χ3v) is 3.61. The number of benzene rings is 2. The van der Waals surface area contributed by atoms with Gasteiger partial charge in [-0.25, -0.2) is 4.39 Å². The smallest absolute Gasteiger partial charge is 0.254 e. The number of hydrogen-bond donors (Lipinski definition) is 2. The molecule has 2 N–H and O–H groups in total. The summed E-state index contributed by atoms with van der Waals surface area (Å²) in [5.41, 5.74) is 0.589. The summed E-state index contributed by atoms with van der Waals surface area (Å²) < 4.78 is 13.4. The molecule has 2 aromatic rings. The molecule has 120 valence electrons. The van der Waals surface area contributed by atoms with Gasteiger partial charge < -0.3 is 10.6 Å². The first kappa shape index (κ1) is 17.2. The van der Waals surface area contributed by atoms with Crippen molar-refractivity contribution in [1.82, 2.24) is 10.6 Å². The van der Waals surface area contributed by atoms with Gasteiger partial charge in [0.2, 0.25) is 5.91 Å². The minimum atomic E-state index is -0.650.